The SMILES string of the molecule is Cc1noc(CCCC(=O)N2CCN(Cc3ccc(Cl)cc3)CC2)n1. The maximum Gasteiger partial charge on any atom is 0.226 e. The van der Waals surface area contributed by atoms with Crippen LogP contribution in [0.5, 0.6) is 0 Å². The van der Waals surface area contributed by atoms with Crippen molar-refractivity contribution in [2.45, 2.75) is 32.7 Å². The lowest BCUT2D eigenvalue weighted by Gasteiger charge is -2.34. The summed E-state index contributed by atoms with van der Waals surface area (Å²) in [6.45, 7) is 6.06. The lowest BCUT2D eigenvalue weighted by molar-refractivity contribution is -0.133. The Morgan fingerprint density at radius 3 is 2.56 bits per heavy atom. The highest BCUT2D eigenvalue weighted by Gasteiger charge is 2.21. The third kappa shape index (κ3) is 5.28. The maximum absolute atomic E-state index is 12.3. The number of halogens is 1. The summed E-state index contributed by atoms with van der Waals surface area (Å²) in [4.78, 5) is 20.8. The van der Waals surface area contributed by atoms with Gasteiger partial charge < -0.3 is 9.42 Å². The summed E-state index contributed by atoms with van der Waals surface area (Å²) < 4.78 is 5.07. The molecule has 7 heteroatoms. The Hall–Kier alpha value is -1.92. The summed E-state index contributed by atoms with van der Waals surface area (Å²) in [5, 5.41) is 4.52. The molecule has 134 valence electrons. The quantitative estimate of drug-likeness (QED) is 0.790. The lowest BCUT2D eigenvalue weighted by Crippen LogP contribution is -2.48. The van der Waals surface area contributed by atoms with Gasteiger partial charge in [0.05, 0.1) is 0 Å². The maximum atomic E-state index is 12.3. The van der Waals surface area contributed by atoms with Crippen molar-refractivity contribution in [2.24, 2.45) is 0 Å². The van der Waals surface area contributed by atoms with Gasteiger partial charge in [-0.2, -0.15) is 4.98 Å². The van der Waals surface area contributed by atoms with Crippen molar-refractivity contribution in [2.75, 3.05) is 26.2 Å². The van der Waals surface area contributed by atoms with Crippen LogP contribution in [0.25, 0.3) is 0 Å². The van der Waals surface area contributed by atoms with Crippen LogP contribution in [0, 0.1) is 6.92 Å². The van der Waals surface area contributed by atoms with E-state index in [-0.39, 0.29) is 5.91 Å². The third-order valence-electron chi connectivity index (χ3n) is 4.40. The van der Waals surface area contributed by atoms with Crippen molar-refractivity contribution >= 4 is 17.5 Å². The summed E-state index contributed by atoms with van der Waals surface area (Å²) in [6.07, 6.45) is 1.92. The number of piperazine rings is 1. The molecule has 25 heavy (non-hydrogen) atoms. The molecule has 0 bridgehead atoms. The number of aryl methyl sites for hydroxylation is 2. The molecule has 0 spiro atoms. The van der Waals surface area contributed by atoms with E-state index in [0.717, 1.165) is 44.2 Å². The van der Waals surface area contributed by atoms with Crippen LogP contribution in [0.1, 0.15) is 30.1 Å². The lowest BCUT2D eigenvalue weighted by atomic mass is 10.1. The van der Waals surface area contributed by atoms with Crippen LogP contribution in [-0.2, 0) is 17.8 Å². The molecule has 0 N–H and O–H groups in total. The van der Waals surface area contributed by atoms with Gasteiger partial charge in [-0.1, -0.05) is 28.9 Å². The van der Waals surface area contributed by atoms with Crippen molar-refractivity contribution in [3.8, 4) is 0 Å². The van der Waals surface area contributed by atoms with Crippen LogP contribution in [0.4, 0.5) is 0 Å². The average Bonchev–Trinajstić information content (AvgIpc) is 3.03. The number of amides is 1. The number of aromatic nitrogens is 2. The molecule has 2 heterocycles. The minimum atomic E-state index is 0.211. The fourth-order valence-corrected chi connectivity index (χ4v) is 3.12. The van der Waals surface area contributed by atoms with Gasteiger partial charge in [0, 0.05) is 50.6 Å². The van der Waals surface area contributed by atoms with Crippen molar-refractivity contribution in [1.82, 2.24) is 19.9 Å². The smallest absolute Gasteiger partial charge is 0.226 e. The first-order valence-corrected chi connectivity index (χ1v) is 9.02. The fourth-order valence-electron chi connectivity index (χ4n) is 2.99. The van der Waals surface area contributed by atoms with Crippen LogP contribution in [0.15, 0.2) is 28.8 Å². The summed E-state index contributed by atoms with van der Waals surface area (Å²) in [7, 11) is 0. The molecule has 0 atom stereocenters. The Morgan fingerprint density at radius 1 is 1.20 bits per heavy atom. The second-order valence-electron chi connectivity index (χ2n) is 6.37. The topological polar surface area (TPSA) is 62.5 Å². The zero-order valence-electron chi connectivity index (χ0n) is 14.4. The molecule has 0 unspecified atom stereocenters. The average molecular weight is 363 g/mol. The molecule has 6 nitrogen and oxygen atoms in total. The predicted octanol–water partition coefficient (Wildman–Crippen LogP) is 2.70. The number of benzene rings is 1. The zero-order valence-corrected chi connectivity index (χ0v) is 15.2. The molecule has 1 aromatic carbocycles. The Kier molecular flexibility index (Phi) is 6.04. The van der Waals surface area contributed by atoms with Gasteiger partial charge in [-0.3, -0.25) is 9.69 Å². The fraction of sp³-hybridized carbons (Fsp3) is 0.500. The van der Waals surface area contributed by atoms with E-state index >= 15 is 0 Å². The molecule has 1 saturated heterocycles. The van der Waals surface area contributed by atoms with E-state index in [2.05, 4.69) is 27.2 Å². The predicted molar refractivity (Wildman–Crippen MR) is 95.3 cm³/mol. The third-order valence-corrected chi connectivity index (χ3v) is 4.65. The highest BCUT2D eigenvalue weighted by Crippen LogP contribution is 2.14. The number of carbonyl (C=O) groups excluding carboxylic acids is 1. The van der Waals surface area contributed by atoms with Gasteiger partial charge >= 0.3 is 0 Å². The van der Waals surface area contributed by atoms with E-state index in [0.29, 0.717) is 24.6 Å². The van der Waals surface area contributed by atoms with Crippen LogP contribution in [0.2, 0.25) is 5.02 Å². The van der Waals surface area contributed by atoms with Crippen molar-refractivity contribution in [3.63, 3.8) is 0 Å². The van der Waals surface area contributed by atoms with Crippen LogP contribution < -0.4 is 0 Å². The van der Waals surface area contributed by atoms with E-state index in [9.17, 15) is 4.79 Å². The molecule has 1 amide bonds. The van der Waals surface area contributed by atoms with Gasteiger partial charge in [-0.25, -0.2) is 0 Å². The summed E-state index contributed by atoms with van der Waals surface area (Å²) in [5.74, 6) is 1.46. The largest absolute Gasteiger partial charge is 0.340 e. The zero-order chi connectivity index (χ0) is 17.6. The highest BCUT2D eigenvalue weighted by atomic mass is 35.5. The van der Waals surface area contributed by atoms with Crippen molar-refractivity contribution < 1.29 is 9.32 Å². The molecular formula is C18H23ClN4O2. The summed E-state index contributed by atoms with van der Waals surface area (Å²) >= 11 is 5.92. The summed E-state index contributed by atoms with van der Waals surface area (Å²) in [5.41, 5.74) is 1.25. The molecule has 0 saturated carbocycles. The molecule has 2 aromatic rings. The molecular weight excluding hydrogens is 340 g/mol. The number of hydrogen-bond donors (Lipinski definition) is 0. The van der Waals surface area contributed by atoms with Gasteiger partial charge in [-0.05, 0) is 31.0 Å². The van der Waals surface area contributed by atoms with E-state index in [4.69, 9.17) is 16.1 Å². The molecule has 1 aliphatic heterocycles. The van der Waals surface area contributed by atoms with Gasteiger partial charge in [0.15, 0.2) is 5.82 Å². The molecule has 3 rings (SSSR count). The van der Waals surface area contributed by atoms with Crippen LogP contribution in [-0.4, -0.2) is 52.0 Å². The second-order valence-corrected chi connectivity index (χ2v) is 6.81. The normalized spacial score (nSPS) is 15.5. The molecule has 1 aromatic heterocycles. The number of hydrogen-bond acceptors (Lipinski definition) is 5. The monoisotopic (exact) mass is 362 g/mol. The highest BCUT2D eigenvalue weighted by molar-refractivity contribution is 6.30. The van der Waals surface area contributed by atoms with Crippen LogP contribution >= 0.6 is 11.6 Å². The number of carbonyl (C=O) groups is 1. The molecule has 1 aliphatic rings. The second kappa shape index (κ2) is 8.45. The first-order chi connectivity index (χ1) is 12.1. The van der Waals surface area contributed by atoms with Gasteiger partial charge in [0.2, 0.25) is 11.8 Å². The Balaban J connectivity index is 1.37. The van der Waals surface area contributed by atoms with E-state index in [1.54, 1.807) is 6.92 Å². The minimum Gasteiger partial charge on any atom is -0.340 e. The Morgan fingerprint density at radius 2 is 1.92 bits per heavy atom. The van der Waals surface area contributed by atoms with E-state index < -0.39 is 0 Å². The first-order valence-electron chi connectivity index (χ1n) is 8.64. The molecule has 0 radical (unpaired) electrons. The van der Waals surface area contributed by atoms with E-state index in [1.165, 1.54) is 5.56 Å². The Bertz CT molecular complexity index is 693. The molecule has 0 aliphatic carbocycles. The molecule has 1 fully saturated rings. The standard InChI is InChI=1S/C18H23ClN4O2/c1-14-20-17(25-21-14)3-2-4-18(24)23-11-9-22(10-12-23)13-15-5-7-16(19)8-6-15/h5-8H,2-4,9-13H2,1H3. The van der Waals surface area contributed by atoms with Crippen LogP contribution in [0.3, 0.4) is 0 Å². The minimum absolute atomic E-state index is 0.211. The van der Waals surface area contributed by atoms with Gasteiger partial charge in [-0.15, -0.1) is 0 Å². The number of nitrogens with zero attached hydrogens (tertiary/aromatic N) is 4. The van der Waals surface area contributed by atoms with Gasteiger partial charge in [0.25, 0.3) is 0 Å². The summed E-state index contributed by atoms with van der Waals surface area (Å²) in [6, 6.07) is 7.95. The van der Waals surface area contributed by atoms with E-state index in [1.807, 2.05) is 17.0 Å². The first kappa shape index (κ1) is 17.9. The Labute approximate surface area is 152 Å². The van der Waals surface area contributed by atoms with Crippen molar-refractivity contribution in [1.29, 1.82) is 0 Å². The number of rotatable bonds is 6. The van der Waals surface area contributed by atoms with Gasteiger partial charge in [0.1, 0.15) is 0 Å². The van der Waals surface area contributed by atoms with Crippen molar-refractivity contribution in [3.05, 3.63) is 46.6 Å².